The number of thiocarbonyl (C=S) groups is 1. The van der Waals surface area contributed by atoms with Crippen molar-refractivity contribution in [3.63, 3.8) is 0 Å². The van der Waals surface area contributed by atoms with Crippen LogP contribution in [0.25, 0.3) is 0 Å². The van der Waals surface area contributed by atoms with Gasteiger partial charge in [-0.1, -0.05) is 6.42 Å². The first-order valence-corrected chi connectivity index (χ1v) is 5.03. The molecule has 0 aliphatic carbocycles. The highest BCUT2D eigenvalue weighted by atomic mass is 32.1. The number of hydrogen-bond acceptors (Lipinski definition) is 3. The summed E-state index contributed by atoms with van der Waals surface area (Å²) in [5, 5.41) is 2.40. The highest BCUT2D eigenvalue weighted by Gasteiger charge is 2.16. The summed E-state index contributed by atoms with van der Waals surface area (Å²) in [6.07, 6.45) is 4.06. The highest BCUT2D eigenvalue weighted by molar-refractivity contribution is 7.78. The predicted octanol–water partition coefficient (Wildman–Crippen LogP) is 1.96. The van der Waals surface area contributed by atoms with E-state index in [1.54, 1.807) is 0 Å². The Labute approximate surface area is 79.7 Å². The van der Waals surface area contributed by atoms with E-state index in [0.29, 0.717) is 0 Å². The fourth-order valence-electron chi connectivity index (χ4n) is 1.71. The average molecular weight is 184 g/mol. The number of piperidine rings is 1. The summed E-state index contributed by atoms with van der Waals surface area (Å²) in [7, 11) is 0. The van der Waals surface area contributed by atoms with E-state index in [9.17, 15) is 0 Å². The van der Waals surface area contributed by atoms with E-state index in [1.165, 1.54) is 25.8 Å². The van der Waals surface area contributed by atoms with Crippen LogP contribution in [0.4, 0.5) is 0 Å². The van der Waals surface area contributed by atoms with Crippen molar-refractivity contribution in [3.8, 4) is 0 Å². The maximum Gasteiger partial charge on any atom is 0.0620 e. The van der Waals surface area contributed by atoms with Crippen LogP contribution in [-0.4, -0.2) is 35.7 Å². The molecule has 0 aromatic heterocycles. The van der Waals surface area contributed by atoms with E-state index in [1.807, 2.05) is 0 Å². The zero-order chi connectivity index (χ0) is 8.81. The second kappa shape index (κ2) is 5.41. The van der Waals surface area contributed by atoms with E-state index in [0.717, 1.165) is 19.1 Å². The van der Waals surface area contributed by atoms with Gasteiger partial charge in [-0.3, -0.25) is 4.90 Å². The second-order valence-corrected chi connectivity index (χ2v) is 3.54. The smallest absolute Gasteiger partial charge is 0.0620 e. The Balaban J connectivity index is 2.24. The molecule has 0 aromatic carbocycles. The molecule has 1 rings (SSSR count). The molecular formula is C9H16N2S. The summed E-state index contributed by atoms with van der Waals surface area (Å²) in [6.45, 7) is 5.38. The number of aliphatic imine (C=N–C) groups is 1. The molecule has 0 aromatic rings. The van der Waals surface area contributed by atoms with Crippen LogP contribution >= 0.6 is 12.2 Å². The van der Waals surface area contributed by atoms with Gasteiger partial charge in [0.05, 0.1) is 11.7 Å². The normalized spacial score (nSPS) is 24.9. The monoisotopic (exact) mass is 184 g/mol. The van der Waals surface area contributed by atoms with Gasteiger partial charge < -0.3 is 0 Å². The minimum absolute atomic E-state index is 0.735. The van der Waals surface area contributed by atoms with Gasteiger partial charge in [-0.15, -0.1) is 0 Å². The third-order valence-corrected chi connectivity index (χ3v) is 2.63. The van der Waals surface area contributed by atoms with Gasteiger partial charge in [0, 0.05) is 12.6 Å². The zero-order valence-corrected chi connectivity index (χ0v) is 8.44. The number of isothiocyanates is 1. The number of hydrogen-bond donors (Lipinski definition) is 0. The largest absolute Gasteiger partial charge is 0.299 e. The Kier molecular flexibility index (Phi) is 4.44. The lowest BCUT2D eigenvalue weighted by Crippen LogP contribution is -2.38. The number of nitrogens with zero attached hydrogens (tertiary/aromatic N) is 2. The molecule has 68 valence electrons. The first-order chi connectivity index (χ1) is 5.84. The summed E-state index contributed by atoms with van der Waals surface area (Å²) < 4.78 is 0. The van der Waals surface area contributed by atoms with Gasteiger partial charge in [-0.05, 0) is 38.5 Å². The summed E-state index contributed by atoms with van der Waals surface area (Å²) in [5.41, 5.74) is 0. The highest BCUT2D eigenvalue weighted by Crippen LogP contribution is 2.15. The van der Waals surface area contributed by atoms with Crippen LogP contribution in [0.1, 0.15) is 26.2 Å². The molecule has 1 saturated heterocycles. The third-order valence-electron chi connectivity index (χ3n) is 2.50. The molecule has 0 amide bonds. The van der Waals surface area contributed by atoms with Gasteiger partial charge in [0.15, 0.2) is 0 Å². The van der Waals surface area contributed by atoms with Crippen LogP contribution < -0.4 is 0 Å². The van der Waals surface area contributed by atoms with Crippen molar-refractivity contribution < 1.29 is 0 Å². The fourth-order valence-corrected chi connectivity index (χ4v) is 1.81. The molecule has 0 radical (unpaired) electrons. The van der Waals surface area contributed by atoms with Crippen LogP contribution in [0.15, 0.2) is 4.99 Å². The first kappa shape index (κ1) is 9.85. The van der Waals surface area contributed by atoms with Crippen molar-refractivity contribution in [2.24, 2.45) is 4.99 Å². The number of rotatable bonds is 3. The van der Waals surface area contributed by atoms with Crippen LogP contribution in [0.5, 0.6) is 0 Å². The summed E-state index contributed by atoms with van der Waals surface area (Å²) in [5.74, 6) is 0. The van der Waals surface area contributed by atoms with Crippen molar-refractivity contribution in [3.05, 3.63) is 0 Å². The van der Waals surface area contributed by atoms with Gasteiger partial charge in [-0.25, -0.2) is 4.99 Å². The molecule has 2 nitrogen and oxygen atoms in total. The van der Waals surface area contributed by atoms with E-state index in [-0.39, 0.29) is 0 Å². The molecule has 3 heteroatoms. The Morgan fingerprint density at radius 1 is 1.58 bits per heavy atom. The Bertz CT molecular complexity index is 175. The molecular weight excluding hydrogens is 168 g/mol. The van der Waals surface area contributed by atoms with Crippen molar-refractivity contribution >= 4 is 17.4 Å². The van der Waals surface area contributed by atoms with Crippen molar-refractivity contribution in [2.45, 2.75) is 32.2 Å². The van der Waals surface area contributed by atoms with Gasteiger partial charge in [0.2, 0.25) is 0 Å². The number of likely N-dealkylation sites (tertiary alicyclic amines) is 1. The first-order valence-electron chi connectivity index (χ1n) is 4.62. The second-order valence-electron chi connectivity index (χ2n) is 3.35. The van der Waals surface area contributed by atoms with Crippen molar-refractivity contribution in [1.29, 1.82) is 0 Å². The molecule has 1 aliphatic rings. The molecule has 0 spiro atoms. The van der Waals surface area contributed by atoms with E-state index in [4.69, 9.17) is 0 Å². The fraction of sp³-hybridized carbons (Fsp3) is 0.889. The Morgan fingerprint density at radius 2 is 2.42 bits per heavy atom. The zero-order valence-electron chi connectivity index (χ0n) is 7.62. The van der Waals surface area contributed by atoms with E-state index >= 15 is 0 Å². The van der Waals surface area contributed by atoms with Crippen LogP contribution in [0.2, 0.25) is 0 Å². The van der Waals surface area contributed by atoms with Crippen LogP contribution in [-0.2, 0) is 0 Å². The quantitative estimate of drug-likeness (QED) is 0.492. The summed E-state index contributed by atoms with van der Waals surface area (Å²) in [4.78, 5) is 6.41. The standard InChI is InChI=1S/C9H16N2S/c1-9-4-2-3-6-11(9)7-5-10-8-12/h9H,2-7H2,1H3. The topological polar surface area (TPSA) is 15.6 Å². The van der Waals surface area contributed by atoms with E-state index < -0.39 is 0 Å². The molecule has 1 fully saturated rings. The predicted molar refractivity (Wildman–Crippen MR) is 54.8 cm³/mol. The van der Waals surface area contributed by atoms with Gasteiger partial charge in [0.1, 0.15) is 0 Å². The van der Waals surface area contributed by atoms with Crippen LogP contribution in [0.3, 0.4) is 0 Å². The van der Waals surface area contributed by atoms with Crippen LogP contribution in [0, 0.1) is 0 Å². The third kappa shape index (κ3) is 3.02. The summed E-state index contributed by atoms with van der Waals surface area (Å²) >= 11 is 4.51. The molecule has 0 saturated carbocycles. The molecule has 1 atom stereocenters. The SMILES string of the molecule is CC1CCCCN1CCN=C=S. The molecule has 1 aliphatic heterocycles. The van der Waals surface area contributed by atoms with Gasteiger partial charge in [-0.2, -0.15) is 0 Å². The maximum atomic E-state index is 4.51. The lowest BCUT2D eigenvalue weighted by atomic mass is 10.0. The Hall–Kier alpha value is -0.240. The minimum atomic E-state index is 0.735. The lowest BCUT2D eigenvalue weighted by molar-refractivity contribution is 0.166. The Morgan fingerprint density at radius 3 is 3.08 bits per heavy atom. The van der Waals surface area contributed by atoms with E-state index in [2.05, 4.69) is 34.2 Å². The lowest BCUT2D eigenvalue weighted by Gasteiger charge is -2.32. The molecule has 0 bridgehead atoms. The molecule has 1 heterocycles. The van der Waals surface area contributed by atoms with Crippen molar-refractivity contribution in [2.75, 3.05) is 19.6 Å². The summed E-state index contributed by atoms with van der Waals surface area (Å²) in [6, 6.07) is 0.735. The molecule has 0 N–H and O–H groups in total. The van der Waals surface area contributed by atoms with Gasteiger partial charge in [0.25, 0.3) is 0 Å². The minimum Gasteiger partial charge on any atom is -0.299 e. The maximum absolute atomic E-state index is 4.51. The van der Waals surface area contributed by atoms with Gasteiger partial charge >= 0.3 is 0 Å². The molecule has 12 heavy (non-hydrogen) atoms. The molecule has 1 unspecified atom stereocenters. The average Bonchev–Trinajstić information content (AvgIpc) is 2.09. The van der Waals surface area contributed by atoms with Crippen molar-refractivity contribution in [1.82, 2.24) is 4.90 Å².